The van der Waals surface area contributed by atoms with Crippen LogP contribution in [-0.2, 0) is 9.53 Å². The Balaban J connectivity index is 3.00. The maximum atomic E-state index is 11.2. The second kappa shape index (κ2) is 5.66. The highest BCUT2D eigenvalue weighted by Gasteiger charge is 2.21. The Labute approximate surface area is 96.1 Å². The first-order valence-corrected chi connectivity index (χ1v) is 5.35. The van der Waals surface area contributed by atoms with E-state index in [9.17, 15) is 9.90 Å². The fourth-order valence-electron chi connectivity index (χ4n) is 1.78. The van der Waals surface area contributed by atoms with Crippen molar-refractivity contribution in [1.82, 2.24) is 0 Å². The molecule has 3 nitrogen and oxygen atoms in total. The van der Waals surface area contributed by atoms with E-state index in [1.54, 1.807) is 7.11 Å². The van der Waals surface area contributed by atoms with Crippen molar-refractivity contribution in [3.63, 3.8) is 0 Å². The normalized spacial score (nSPS) is 12.4. The number of aryl methyl sites for hydroxylation is 2. The average molecular weight is 222 g/mol. The van der Waals surface area contributed by atoms with Crippen molar-refractivity contribution in [3.05, 3.63) is 34.9 Å². The highest BCUT2D eigenvalue weighted by molar-refractivity contribution is 5.76. The lowest BCUT2D eigenvalue weighted by atomic mass is 9.91. The summed E-state index contributed by atoms with van der Waals surface area (Å²) in [5, 5.41) is 9.21. The van der Waals surface area contributed by atoms with E-state index in [4.69, 9.17) is 4.74 Å². The highest BCUT2D eigenvalue weighted by Crippen LogP contribution is 2.24. The molecule has 0 aliphatic carbocycles. The Morgan fingerprint density at radius 2 is 2.12 bits per heavy atom. The highest BCUT2D eigenvalue weighted by atomic mass is 16.5. The van der Waals surface area contributed by atoms with Crippen LogP contribution in [0.3, 0.4) is 0 Å². The van der Waals surface area contributed by atoms with Gasteiger partial charge in [0.25, 0.3) is 0 Å². The van der Waals surface area contributed by atoms with Crippen LogP contribution in [0.2, 0.25) is 0 Å². The van der Waals surface area contributed by atoms with Crippen LogP contribution in [0.15, 0.2) is 18.2 Å². The zero-order chi connectivity index (χ0) is 12.1. The molecule has 1 rings (SSSR count). The molecule has 0 aliphatic rings. The number of benzene rings is 1. The quantitative estimate of drug-likeness (QED) is 0.832. The number of carbonyl (C=O) groups is 1. The first-order chi connectivity index (χ1) is 7.56. The number of rotatable bonds is 5. The molecule has 0 amide bonds. The maximum Gasteiger partial charge on any atom is 0.311 e. The first-order valence-electron chi connectivity index (χ1n) is 5.35. The molecular formula is C13H18O3. The van der Waals surface area contributed by atoms with E-state index in [1.807, 2.05) is 32.0 Å². The van der Waals surface area contributed by atoms with Gasteiger partial charge in [0.15, 0.2) is 0 Å². The molecule has 16 heavy (non-hydrogen) atoms. The minimum absolute atomic E-state index is 0.463. The van der Waals surface area contributed by atoms with E-state index in [0.717, 1.165) is 16.7 Å². The van der Waals surface area contributed by atoms with Gasteiger partial charge in [0.2, 0.25) is 0 Å². The van der Waals surface area contributed by atoms with Gasteiger partial charge in [-0.15, -0.1) is 0 Å². The summed E-state index contributed by atoms with van der Waals surface area (Å²) >= 11 is 0. The van der Waals surface area contributed by atoms with Crippen LogP contribution in [0, 0.1) is 13.8 Å². The molecule has 0 saturated carbocycles. The third-order valence-corrected chi connectivity index (χ3v) is 2.72. The molecule has 1 aromatic rings. The van der Waals surface area contributed by atoms with Crippen molar-refractivity contribution in [1.29, 1.82) is 0 Å². The van der Waals surface area contributed by atoms with Gasteiger partial charge in [-0.3, -0.25) is 4.79 Å². The molecule has 0 heterocycles. The Morgan fingerprint density at radius 3 is 2.69 bits per heavy atom. The molecule has 3 heteroatoms. The van der Waals surface area contributed by atoms with Gasteiger partial charge in [-0.1, -0.05) is 23.8 Å². The van der Waals surface area contributed by atoms with E-state index in [-0.39, 0.29) is 0 Å². The van der Waals surface area contributed by atoms with Gasteiger partial charge in [-0.2, -0.15) is 0 Å². The van der Waals surface area contributed by atoms with E-state index in [0.29, 0.717) is 13.0 Å². The van der Waals surface area contributed by atoms with Gasteiger partial charge in [-0.05, 0) is 31.4 Å². The Morgan fingerprint density at radius 1 is 1.44 bits per heavy atom. The lowest BCUT2D eigenvalue weighted by Crippen LogP contribution is -2.15. The zero-order valence-corrected chi connectivity index (χ0v) is 9.99. The van der Waals surface area contributed by atoms with Gasteiger partial charge in [0, 0.05) is 13.7 Å². The molecule has 88 valence electrons. The maximum absolute atomic E-state index is 11.2. The fourth-order valence-corrected chi connectivity index (χ4v) is 1.78. The summed E-state index contributed by atoms with van der Waals surface area (Å²) in [6.07, 6.45) is 0.510. The van der Waals surface area contributed by atoms with Crippen LogP contribution >= 0.6 is 0 Å². The first kappa shape index (κ1) is 12.7. The molecule has 1 unspecified atom stereocenters. The summed E-state index contributed by atoms with van der Waals surface area (Å²) in [6.45, 7) is 4.38. The Hall–Kier alpha value is -1.35. The predicted molar refractivity (Wildman–Crippen MR) is 62.8 cm³/mol. The molecule has 1 N–H and O–H groups in total. The number of hydrogen-bond acceptors (Lipinski definition) is 2. The molecule has 0 saturated heterocycles. The number of methoxy groups -OCH3 is 1. The van der Waals surface area contributed by atoms with Gasteiger partial charge in [0.1, 0.15) is 0 Å². The monoisotopic (exact) mass is 222 g/mol. The van der Waals surface area contributed by atoms with Gasteiger partial charge >= 0.3 is 5.97 Å². The van der Waals surface area contributed by atoms with E-state index < -0.39 is 11.9 Å². The predicted octanol–water partition coefficient (Wildman–Crippen LogP) is 2.51. The van der Waals surface area contributed by atoms with Crippen LogP contribution in [0.1, 0.15) is 29.0 Å². The summed E-state index contributed by atoms with van der Waals surface area (Å²) in [5.41, 5.74) is 3.00. The zero-order valence-electron chi connectivity index (χ0n) is 9.99. The summed E-state index contributed by atoms with van der Waals surface area (Å²) in [6, 6.07) is 5.91. The van der Waals surface area contributed by atoms with Crippen molar-refractivity contribution in [2.45, 2.75) is 26.2 Å². The van der Waals surface area contributed by atoms with Crippen molar-refractivity contribution < 1.29 is 14.6 Å². The standard InChI is InChI=1S/C13H18O3/c1-9-4-5-10(2)12(8-9)11(13(14)15)6-7-16-3/h4-5,8,11H,6-7H2,1-3H3,(H,14,15). The minimum atomic E-state index is -0.786. The third kappa shape index (κ3) is 3.07. The van der Waals surface area contributed by atoms with Crippen LogP contribution in [-0.4, -0.2) is 24.8 Å². The number of carboxylic acids is 1. The number of hydrogen-bond donors (Lipinski definition) is 1. The molecule has 0 fully saturated rings. The van der Waals surface area contributed by atoms with Gasteiger partial charge in [-0.25, -0.2) is 0 Å². The van der Waals surface area contributed by atoms with E-state index >= 15 is 0 Å². The summed E-state index contributed by atoms with van der Waals surface area (Å²) in [4.78, 5) is 11.2. The van der Waals surface area contributed by atoms with Gasteiger partial charge in [0.05, 0.1) is 5.92 Å². The SMILES string of the molecule is COCCC(C(=O)O)c1cc(C)ccc1C. The summed E-state index contributed by atoms with van der Waals surface area (Å²) < 4.78 is 4.95. The number of ether oxygens (including phenoxy) is 1. The van der Waals surface area contributed by atoms with Crippen LogP contribution in [0.25, 0.3) is 0 Å². The molecule has 0 bridgehead atoms. The van der Waals surface area contributed by atoms with Crippen LogP contribution in [0.4, 0.5) is 0 Å². The van der Waals surface area contributed by atoms with Crippen molar-refractivity contribution in [2.24, 2.45) is 0 Å². The molecular weight excluding hydrogens is 204 g/mol. The largest absolute Gasteiger partial charge is 0.481 e. The second-order valence-corrected chi connectivity index (χ2v) is 4.03. The molecule has 1 atom stereocenters. The second-order valence-electron chi connectivity index (χ2n) is 4.03. The van der Waals surface area contributed by atoms with Crippen molar-refractivity contribution in [2.75, 3.05) is 13.7 Å². The molecule has 0 aliphatic heterocycles. The molecule has 0 radical (unpaired) electrons. The average Bonchev–Trinajstić information content (AvgIpc) is 2.23. The topological polar surface area (TPSA) is 46.5 Å². The van der Waals surface area contributed by atoms with Crippen molar-refractivity contribution in [3.8, 4) is 0 Å². The van der Waals surface area contributed by atoms with Crippen LogP contribution in [0.5, 0.6) is 0 Å². The van der Waals surface area contributed by atoms with Crippen LogP contribution < -0.4 is 0 Å². The van der Waals surface area contributed by atoms with E-state index in [2.05, 4.69) is 0 Å². The Kier molecular flexibility index (Phi) is 4.50. The van der Waals surface area contributed by atoms with Gasteiger partial charge < -0.3 is 9.84 Å². The minimum Gasteiger partial charge on any atom is -0.481 e. The number of carboxylic acid groups (broad SMARTS) is 1. The summed E-state index contributed by atoms with van der Waals surface area (Å²) in [7, 11) is 1.59. The number of aliphatic carboxylic acids is 1. The van der Waals surface area contributed by atoms with Crippen molar-refractivity contribution >= 4 is 5.97 Å². The smallest absolute Gasteiger partial charge is 0.311 e. The fraction of sp³-hybridized carbons (Fsp3) is 0.462. The van der Waals surface area contributed by atoms with E-state index in [1.165, 1.54) is 0 Å². The molecule has 1 aromatic carbocycles. The molecule has 0 aromatic heterocycles. The third-order valence-electron chi connectivity index (χ3n) is 2.72. The summed E-state index contributed by atoms with van der Waals surface area (Å²) in [5.74, 6) is -1.26. The lowest BCUT2D eigenvalue weighted by molar-refractivity contribution is -0.139. The Bertz CT molecular complexity index is 371. The lowest BCUT2D eigenvalue weighted by Gasteiger charge is -2.15. The molecule has 0 spiro atoms.